The first kappa shape index (κ1) is 22.7. The maximum absolute atomic E-state index is 13.3. The van der Waals surface area contributed by atoms with E-state index in [1.54, 1.807) is 24.9 Å². The number of esters is 1. The van der Waals surface area contributed by atoms with E-state index in [2.05, 4.69) is 5.32 Å². The molecule has 1 aliphatic carbocycles. The number of furan rings is 1. The highest BCUT2D eigenvalue weighted by Crippen LogP contribution is 2.45. The average molecular weight is 497 g/mol. The Morgan fingerprint density at radius 3 is 2.85 bits per heavy atom. The Morgan fingerprint density at radius 2 is 2.06 bits per heavy atom. The molecule has 176 valence electrons. The van der Waals surface area contributed by atoms with Crippen molar-refractivity contribution in [3.8, 4) is 0 Å². The van der Waals surface area contributed by atoms with Gasteiger partial charge in [0, 0.05) is 16.2 Å². The molecule has 3 heterocycles. The van der Waals surface area contributed by atoms with Gasteiger partial charge >= 0.3 is 5.97 Å². The molecule has 2 amide bonds. The van der Waals surface area contributed by atoms with Crippen LogP contribution in [0.25, 0.3) is 0 Å². The minimum Gasteiger partial charge on any atom is -0.468 e. The van der Waals surface area contributed by atoms with Crippen LogP contribution >= 0.6 is 23.1 Å². The Morgan fingerprint density at radius 1 is 1.21 bits per heavy atom. The van der Waals surface area contributed by atoms with E-state index in [1.165, 1.54) is 16.2 Å². The number of fused-ring (bicyclic) bond motifs is 2. The number of anilines is 2. The highest BCUT2D eigenvalue weighted by Gasteiger charge is 2.33. The number of aryl methyl sites for hydroxylation is 1. The molecule has 0 spiro atoms. The number of thioether (sulfide) groups is 1. The Balaban J connectivity index is 1.39. The average Bonchev–Trinajstić information content (AvgIpc) is 3.54. The van der Waals surface area contributed by atoms with Crippen LogP contribution in [0.3, 0.4) is 0 Å². The van der Waals surface area contributed by atoms with Crippen molar-refractivity contribution in [3.05, 3.63) is 64.4 Å². The number of amides is 2. The Kier molecular flexibility index (Phi) is 6.47. The van der Waals surface area contributed by atoms with Gasteiger partial charge in [0.05, 0.1) is 29.4 Å². The third kappa shape index (κ3) is 4.37. The third-order valence-electron chi connectivity index (χ3n) is 5.90. The Hall–Kier alpha value is -3.04. The lowest BCUT2D eigenvalue weighted by atomic mass is 10.1. The summed E-state index contributed by atoms with van der Waals surface area (Å²) in [7, 11) is 0. The largest absolute Gasteiger partial charge is 0.468 e. The molecule has 1 atom stereocenters. The highest BCUT2D eigenvalue weighted by molar-refractivity contribution is 7.99. The second-order valence-electron chi connectivity index (χ2n) is 8.10. The molecule has 2 aromatic heterocycles. The number of carbonyl (C=O) groups excluding carboxylic acids is 3. The molecule has 0 unspecified atom stereocenters. The van der Waals surface area contributed by atoms with Gasteiger partial charge in [-0.1, -0.05) is 12.1 Å². The Bertz CT molecular complexity index is 1230. The van der Waals surface area contributed by atoms with Gasteiger partial charge in [-0.2, -0.15) is 0 Å². The highest BCUT2D eigenvalue weighted by atomic mass is 32.2. The van der Waals surface area contributed by atoms with E-state index in [-0.39, 0.29) is 36.6 Å². The van der Waals surface area contributed by atoms with Crippen molar-refractivity contribution < 1.29 is 23.5 Å². The number of ether oxygens (including phenoxy) is 1. The maximum Gasteiger partial charge on any atom is 0.341 e. The maximum atomic E-state index is 13.3. The van der Waals surface area contributed by atoms with Crippen molar-refractivity contribution in [2.45, 2.75) is 42.8 Å². The smallest absolute Gasteiger partial charge is 0.341 e. The molecule has 5 rings (SSSR count). The topological polar surface area (TPSA) is 88.9 Å². The van der Waals surface area contributed by atoms with Gasteiger partial charge in [-0.05, 0) is 56.0 Å². The number of carbonyl (C=O) groups is 3. The number of nitrogens with one attached hydrogen (secondary N) is 1. The van der Waals surface area contributed by atoms with Gasteiger partial charge in [-0.15, -0.1) is 23.1 Å². The van der Waals surface area contributed by atoms with Gasteiger partial charge in [-0.3, -0.25) is 9.59 Å². The van der Waals surface area contributed by atoms with E-state index in [0.29, 0.717) is 16.3 Å². The van der Waals surface area contributed by atoms with Gasteiger partial charge in [0.15, 0.2) is 0 Å². The standard InChI is InChI=1S/C25H24N2O5S2/c1-2-31-25(30)23-15-7-5-11-18(15)34-24(23)26-21(28)14-27-16-8-3-4-10-19(16)33-20(13-22(27)29)17-9-6-12-32-17/h3-4,6,8-10,12,20H,2,5,7,11,13-14H2,1H3,(H,26,28)/t20-/m1/s1. The van der Waals surface area contributed by atoms with Crippen LogP contribution in [-0.4, -0.2) is 30.9 Å². The molecule has 1 N–H and O–H groups in total. The van der Waals surface area contributed by atoms with Crippen LogP contribution in [0.5, 0.6) is 0 Å². The molecule has 2 aliphatic rings. The zero-order chi connectivity index (χ0) is 23.7. The lowest BCUT2D eigenvalue weighted by Crippen LogP contribution is -2.38. The molecule has 0 saturated heterocycles. The number of para-hydroxylation sites is 1. The normalized spacial score (nSPS) is 17.1. The van der Waals surface area contributed by atoms with E-state index in [9.17, 15) is 14.4 Å². The molecule has 34 heavy (non-hydrogen) atoms. The lowest BCUT2D eigenvalue weighted by molar-refractivity contribution is -0.121. The van der Waals surface area contributed by atoms with Gasteiger partial charge in [0.2, 0.25) is 11.8 Å². The predicted octanol–water partition coefficient (Wildman–Crippen LogP) is 5.22. The molecule has 9 heteroatoms. The van der Waals surface area contributed by atoms with Crippen molar-refractivity contribution in [1.82, 2.24) is 0 Å². The van der Waals surface area contributed by atoms with Crippen molar-refractivity contribution in [2.24, 2.45) is 0 Å². The van der Waals surface area contributed by atoms with Crippen LogP contribution in [-0.2, 0) is 27.2 Å². The molecule has 0 bridgehead atoms. The molecular formula is C25H24N2O5S2. The van der Waals surface area contributed by atoms with Crippen LogP contribution in [0, 0.1) is 0 Å². The van der Waals surface area contributed by atoms with Crippen LogP contribution < -0.4 is 10.2 Å². The first-order valence-electron chi connectivity index (χ1n) is 11.3. The molecule has 7 nitrogen and oxygen atoms in total. The van der Waals surface area contributed by atoms with Crippen LogP contribution in [0.15, 0.2) is 52.0 Å². The molecule has 3 aromatic rings. The summed E-state index contributed by atoms with van der Waals surface area (Å²) in [5, 5.41) is 3.23. The van der Waals surface area contributed by atoms with Crippen molar-refractivity contribution >= 4 is 51.6 Å². The number of nitrogens with zero attached hydrogens (tertiary/aromatic N) is 1. The lowest BCUT2D eigenvalue weighted by Gasteiger charge is -2.22. The summed E-state index contributed by atoms with van der Waals surface area (Å²) >= 11 is 2.98. The first-order chi connectivity index (χ1) is 16.5. The van der Waals surface area contributed by atoms with E-state index in [1.807, 2.05) is 36.4 Å². The van der Waals surface area contributed by atoms with Crippen LogP contribution in [0.4, 0.5) is 10.7 Å². The summed E-state index contributed by atoms with van der Waals surface area (Å²) in [6.45, 7) is 1.88. The van der Waals surface area contributed by atoms with Crippen molar-refractivity contribution in [1.29, 1.82) is 0 Å². The third-order valence-corrected chi connectivity index (χ3v) is 8.39. The Labute approximate surface area is 205 Å². The van der Waals surface area contributed by atoms with Crippen LogP contribution in [0.2, 0.25) is 0 Å². The van der Waals surface area contributed by atoms with Crippen molar-refractivity contribution in [3.63, 3.8) is 0 Å². The summed E-state index contributed by atoms with van der Waals surface area (Å²) in [6.07, 6.45) is 4.50. The number of thiophene rings is 1. The van der Waals surface area contributed by atoms with Gasteiger partial charge in [-0.25, -0.2) is 4.79 Å². The zero-order valence-corrected chi connectivity index (χ0v) is 20.3. The molecule has 0 fully saturated rings. The molecule has 0 radical (unpaired) electrons. The van der Waals surface area contributed by atoms with E-state index >= 15 is 0 Å². The summed E-state index contributed by atoms with van der Waals surface area (Å²) in [6, 6.07) is 11.2. The number of hydrogen-bond acceptors (Lipinski definition) is 7. The van der Waals surface area contributed by atoms with Gasteiger partial charge in [0.1, 0.15) is 17.3 Å². The zero-order valence-electron chi connectivity index (χ0n) is 18.7. The van der Waals surface area contributed by atoms with E-state index < -0.39 is 5.97 Å². The van der Waals surface area contributed by atoms with E-state index in [0.717, 1.165) is 40.4 Å². The second kappa shape index (κ2) is 9.68. The summed E-state index contributed by atoms with van der Waals surface area (Å²) < 4.78 is 10.8. The second-order valence-corrected chi connectivity index (χ2v) is 10.5. The summed E-state index contributed by atoms with van der Waals surface area (Å²) in [4.78, 5) is 42.6. The summed E-state index contributed by atoms with van der Waals surface area (Å²) in [5.74, 6) is -0.193. The minimum atomic E-state index is -0.411. The fraction of sp³-hybridized carbons (Fsp3) is 0.320. The number of benzene rings is 1. The molecule has 0 saturated carbocycles. The molecule has 1 aromatic carbocycles. The van der Waals surface area contributed by atoms with Gasteiger partial charge < -0.3 is 19.4 Å². The summed E-state index contributed by atoms with van der Waals surface area (Å²) in [5.41, 5.74) is 2.14. The molecule has 1 aliphatic heterocycles. The predicted molar refractivity (Wildman–Crippen MR) is 132 cm³/mol. The van der Waals surface area contributed by atoms with Gasteiger partial charge in [0.25, 0.3) is 0 Å². The molecular weight excluding hydrogens is 472 g/mol. The fourth-order valence-electron chi connectivity index (χ4n) is 4.41. The monoisotopic (exact) mass is 496 g/mol. The SMILES string of the molecule is CCOC(=O)c1c(NC(=O)CN2C(=O)C[C@H](c3ccco3)Sc3ccccc32)sc2c1CCC2. The number of hydrogen-bond donors (Lipinski definition) is 1. The minimum absolute atomic E-state index is 0.147. The first-order valence-corrected chi connectivity index (χ1v) is 13.0. The van der Waals surface area contributed by atoms with Crippen LogP contribution in [0.1, 0.15) is 51.6 Å². The fourth-order valence-corrected chi connectivity index (χ4v) is 6.94. The van der Waals surface area contributed by atoms with E-state index in [4.69, 9.17) is 9.15 Å². The quantitative estimate of drug-likeness (QED) is 0.471. The number of rotatable bonds is 6. The van der Waals surface area contributed by atoms with Crippen molar-refractivity contribution in [2.75, 3.05) is 23.4 Å².